The number of rotatable bonds is 4. The van der Waals surface area contributed by atoms with Crippen molar-refractivity contribution in [2.75, 3.05) is 0 Å². The second kappa shape index (κ2) is 5.45. The van der Waals surface area contributed by atoms with Gasteiger partial charge in [-0.25, -0.2) is 0 Å². The van der Waals surface area contributed by atoms with Gasteiger partial charge in [0.15, 0.2) is 0 Å². The lowest BCUT2D eigenvalue weighted by atomic mass is 10.1. The average molecular weight is 316 g/mol. The molecule has 0 fully saturated rings. The van der Waals surface area contributed by atoms with E-state index in [-0.39, 0.29) is 6.04 Å². The average Bonchev–Trinajstić information content (AvgIpc) is 2.87. The number of thiophene rings is 2. The van der Waals surface area contributed by atoms with E-state index in [0.29, 0.717) is 0 Å². The SMILES string of the molecule is CCc1ccc(CC(N)c2csc(Br)c2)s1. The summed E-state index contributed by atoms with van der Waals surface area (Å²) in [5.41, 5.74) is 7.41. The molecule has 1 nitrogen and oxygen atoms in total. The zero-order valence-electron chi connectivity index (χ0n) is 9.07. The minimum absolute atomic E-state index is 0.117. The summed E-state index contributed by atoms with van der Waals surface area (Å²) in [6.07, 6.45) is 2.05. The van der Waals surface area contributed by atoms with E-state index < -0.39 is 0 Å². The summed E-state index contributed by atoms with van der Waals surface area (Å²) in [5.74, 6) is 0. The van der Waals surface area contributed by atoms with Crippen LogP contribution in [-0.2, 0) is 12.8 Å². The standard InChI is InChI=1S/C12H14BrNS2/c1-2-9-3-4-10(16-9)6-11(14)8-5-12(13)15-7-8/h3-5,7,11H,2,6,14H2,1H3. The molecule has 2 aromatic rings. The van der Waals surface area contributed by atoms with E-state index in [1.54, 1.807) is 11.3 Å². The van der Waals surface area contributed by atoms with E-state index in [9.17, 15) is 0 Å². The predicted molar refractivity (Wildman–Crippen MR) is 76.3 cm³/mol. The predicted octanol–water partition coefficient (Wildman–Crippen LogP) is 4.38. The number of hydrogen-bond acceptors (Lipinski definition) is 3. The highest BCUT2D eigenvalue weighted by molar-refractivity contribution is 9.11. The van der Waals surface area contributed by atoms with Crippen molar-refractivity contribution in [2.45, 2.75) is 25.8 Å². The van der Waals surface area contributed by atoms with Gasteiger partial charge in [-0.15, -0.1) is 22.7 Å². The van der Waals surface area contributed by atoms with Gasteiger partial charge in [-0.05, 0) is 51.5 Å². The van der Waals surface area contributed by atoms with Crippen LogP contribution in [0.5, 0.6) is 0 Å². The van der Waals surface area contributed by atoms with Crippen LogP contribution >= 0.6 is 38.6 Å². The van der Waals surface area contributed by atoms with Gasteiger partial charge in [-0.2, -0.15) is 0 Å². The van der Waals surface area contributed by atoms with E-state index in [0.717, 1.165) is 16.6 Å². The molecule has 4 heteroatoms. The zero-order chi connectivity index (χ0) is 11.5. The van der Waals surface area contributed by atoms with Crippen molar-refractivity contribution in [3.63, 3.8) is 0 Å². The number of hydrogen-bond donors (Lipinski definition) is 1. The zero-order valence-corrected chi connectivity index (χ0v) is 12.3. The van der Waals surface area contributed by atoms with Crippen molar-refractivity contribution in [3.05, 3.63) is 42.7 Å². The maximum atomic E-state index is 6.18. The highest BCUT2D eigenvalue weighted by Gasteiger charge is 2.10. The Bertz CT molecular complexity index is 461. The van der Waals surface area contributed by atoms with Crippen LogP contribution in [0, 0.1) is 0 Å². The van der Waals surface area contributed by atoms with Gasteiger partial charge in [0, 0.05) is 22.2 Å². The summed E-state index contributed by atoms with van der Waals surface area (Å²) >= 11 is 7.03. The molecule has 0 aliphatic heterocycles. The van der Waals surface area contributed by atoms with Crippen molar-refractivity contribution >= 4 is 38.6 Å². The molecule has 2 N–H and O–H groups in total. The van der Waals surface area contributed by atoms with E-state index in [1.807, 2.05) is 11.3 Å². The Hall–Kier alpha value is -0.160. The molecule has 2 rings (SSSR count). The van der Waals surface area contributed by atoms with Crippen LogP contribution in [0.3, 0.4) is 0 Å². The molecule has 0 aromatic carbocycles. The molecule has 86 valence electrons. The number of nitrogens with two attached hydrogens (primary N) is 1. The van der Waals surface area contributed by atoms with Gasteiger partial charge in [-0.1, -0.05) is 6.92 Å². The molecule has 0 amide bonds. The quantitative estimate of drug-likeness (QED) is 0.890. The summed E-state index contributed by atoms with van der Waals surface area (Å²) in [7, 11) is 0. The third-order valence-corrected chi connectivity index (χ3v) is 5.28. The summed E-state index contributed by atoms with van der Waals surface area (Å²) < 4.78 is 1.15. The smallest absolute Gasteiger partial charge is 0.0701 e. The monoisotopic (exact) mass is 315 g/mol. The van der Waals surface area contributed by atoms with Gasteiger partial charge in [0.1, 0.15) is 0 Å². The second-order valence-corrected chi connectivity index (χ2v) is 7.26. The van der Waals surface area contributed by atoms with Crippen LogP contribution in [0.15, 0.2) is 27.4 Å². The maximum Gasteiger partial charge on any atom is 0.0701 e. The van der Waals surface area contributed by atoms with Crippen LogP contribution in [0.4, 0.5) is 0 Å². The van der Waals surface area contributed by atoms with Crippen LogP contribution < -0.4 is 5.73 Å². The fourth-order valence-electron chi connectivity index (χ4n) is 1.57. The summed E-state index contributed by atoms with van der Waals surface area (Å²) in [4.78, 5) is 2.82. The molecule has 2 heterocycles. The largest absolute Gasteiger partial charge is 0.324 e. The first-order chi connectivity index (χ1) is 7.69. The Morgan fingerprint density at radius 3 is 2.69 bits per heavy atom. The molecule has 0 aliphatic rings. The molecular formula is C12H14BrNS2. The lowest BCUT2D eigenvalue weighted by Gasteiger charge is -2.07. The molecule has 1 unspecified atom stereocenters. The summed E-state index contributed by atoms with van der Waals surface area (Å²) in [5, 5.41) is 2.13. The molecule has 0 spiro atoms. The van der Waals surface area contributed by atoms with Gasteiger partial charge >= 0.3 is 0 Å². The van der Waals surface area contributed by atoms with Crippen LogP contribution in [-0.4, -0.2) is 0 Å². The fourth-order valence-corrected chi connectivity index (χ4v) is 3.83. The van der Waals surface area contributed by atoms with Gasteiger partial charge in [0.2, 0.25) is 0 Å². The fraction of sp³-hybridized carbons (Fsp3) is 0.333. The van der Waals surface area contributed by atoms with Crippen LogP contribution in [0.25, 0.3) is 0 Å². The Morgan fingerprint density at radius 1 is 1.38 bits per heavy atom. The maximum absolute atomic E-state index is 6.18. The van der Waals surface area contributed by atoms with E-state index in [2.05, 4.69) is 46.4 Å². The Balaban J connectivity index is 2.04. The van der Waals surface area contributed by atoms with Crippen LogP contribution in [0.2, 0.25) is 0 Å². The first-order valence-electron chi connectivity index (χ1n) is 5.26. The van der Waals surface area contributed by atoms with Crippen molar-refractivity contribution in [1.29, 1.82) is 0 Å². The van der Waals surface area contributed by atoms with E-state index in [4.69, 9.17) is 5.73 Å². The van der Waals surface area contributed by atoms with Crippen molar-refractivity contribution in [2.24, 2.45) is 5.73 Å². The van der Waals surface area contributed by atoms with Crippen molar-refractivity contribution < 1.29 is 0 Å². The molecule has 0 bridgehead atoms. The van der Waals surface area contributed by atoms with Gasteiger partial charge in [-0.3, -0.25) is 0 Å². The third-order valence-electron chi connectivity index (χ3n) is 2.50. The molecule has 0 saturated carbocycles. The van der Waals surface area contributed by atoms with Gasteiger partial charge in [0.25, 0.3) is 0 Å². The molecule has 2 aromatic heterocycles. The van der Waals surface area contributed by atoms with Crippen molar-refractivity contribution in [1.82, 2.24) is 0 Å². The Kier molecular flexibility index (Phi) is 4.19. The Morgan fingerprint density at radius 2 is 2.12 bits per heavy atom. The van der Waals surface area contributed by atoms with Crippen LogP contribution in [0.1, 0.15) is 28.3 Å². The van der Waals surface area contributed by atoms with Crippen molar-refractivity contribution in [3.8, 4) is 0 Å². The normalized spacial score (nSPS) is 12.9. The topological polar surface area (TPSA) is 26.0 Å². The molecule has 1 atom stereocenters. The molecule has 16 heavy (non-hydrogen) atoms. The minimum Gasteiger partial charge on any atom is -0.324 e. The Labute approximate surface area is 112 Å². The molecule has 0 saturated heterocycles. The van der Waals surface area contributed by atoms with Gasteiger partial charge < -0.3 is 5.73 Å². The third kappa shape index (κ3) is 2.94. The first kappa shape index (κ1) is 12.3. The van der Waals surface area contributed by atoms with E-state index in [1.165, 1.54) is 15.3 Å². The number of aryl methyl sites for hydroxylation is 1. The highest BCUT2D eigenvalue weighted by atomic mass is 79.9. The minimum atomic E-state index is 0.117. The molecule has 0 radical (unpaired) electrons. The summed E-state index contributed by atoms with van der Waals surface area (Å²) in [6.45, 7) is 2.19. The summed E-state index contributed by atoms with van der Waals surface area (Å²) in [6, 6.07) is 6.64. The lowest BCUT2D eigenvalue weighted by Crippen LogP contribution is -2.11. The lowest BCUT2D eigenvalue weighted by molar-refractivity contribution is 0.733. The highest BCUT2D eigenvalue weighted by Crippen LogP contribution is 2.28. The van der Waals surface area contributed by atoms with E-state index >= 15 is 0 Å². The second-order valence-electron chi connectivity index (χ2n) is 3.72. The number of halogens is 1. The molecule has 0 aliphatic carbocycles. The first-order valence-corrected chi connectivity index (χ1v) is 7.75. The van der Waals surface area contributed by atoms with Gasteiger partial charge in [0.05, 0.1) is 3.79 Å². The molecular weight excluding hydrogens is 302 g/mol.